The Morgan fingerprint density at radius 2 is 2.27 bits per heavy atom. The molecule has 0 aliphatic carbocycles. The van der Waals surface area contributed by atoms with Crippen LogP contribution in [0.1, 0.15) is 18.1 Å². The minimum absolute atomic E-state index is 0.519. The summed E-state index contributed by atoms with van der Waals surface area (Å²) in [5.41, 5.74) is 2.24. The van der Waals surface area contributed by atoms with Gasteiger partial charge in [0.1, 0.15) is 6.04 Å². The second-order valence-corrected chi connectivity index (χ2v) is 4.38. The van der Waals surface area contributed by atoms with Gasteiger partial charge in [0.2, 0.25) is 0 Å². The number of carboxylic acids is 1. The van der Waals surface area contributed by atoms with E-state index in [1.165, 1.54) is 0 Å². The maximum atomic E-state index is 10.6. The van der Waals surface area contributed by atoms with E-state index in [2.05, 4.69) is 21.2 Å². The van der Waals surface area contributed by atoms with Crippen LogP contribution in [0.15, 0.2) is 22.7 Å². The average Bonchev–Trinajstić information content (AvgIpc) is 2.19. The summed E-state index contributed by atoms with van der Waals surface area (Å²) in [4.78, 5) is 10.6. The molecule has 0 heterocycles. The highest BCUT2D eigenvalue weighted by molar-refractivity contribution is 9.10. The number of benzene rings is 1. The molecule has 1 unspecified atom stereocenters. The van der Waals surface area contributed by atoms with E-state index in [-0.39, 0.29) is 0 Å². The summed E-state index contributed by atoms with van der Waals surface area (Å²) in [6.07, 6.45) is 0. The molecule has 82 valence electrons. The molecular weight excluding hydrogens is 258 g/mol. The van der Waals surface area contributed by atoms with Gasteiger partial charge in [0.05, 0.1) is 0 Å². The van der Waals surface area contributed by atoms with Crippen molar-refractivity contribution in [3.05, 3.63) is 33.8 Å². The Labute approximate surface area is 97.6 Å². The smallest absolute Gasteiger partial charge is 0.320 e. The monoisotopic (exact) mass is 271 g/mol. The Kier molecular flexibility index (Phi) is 4.29. The molecule has 0 aliphatic heterocycles. The molecule has 4 heteroatoms. The second kappa shape index (κ2) is 5.28. The highest BCUT2D eigenvalue weighted by atomic mass is 79.9. The summed E-state index contributed by atoms with van der Waals surface area (Å²) in [5.74, 6) is -0.830. The average molecular weight is 272 g/mol. The van der Waals surface area contributed by atoms with Gasteiger partial charge in [0.15, 0.2) is 0 Å². The number of carbonyl (C=O) groups is 1. The maximum absolute atomic E-state index is 10.6. The Morgan fingerprint density at radius 1 is 1.60 bits per heavy atom. The first kappa shape index (κ1) is 12.2. The van der Waals surface area contributed by atoms with Crippen LogP contribution in [0.3, 0.4) is 0 Å². The third kappa shape index (κ3) is 3.64. The molecule has 0 aliphatic rings. The lowest BCUT2D eigenvalue weighted by molar-refractivity contribution is -0.139. The van der Waals surface area contributed by atoms with Crippen LogP contribution in [0.25, 0.3) is 0 Å². The molecule has 0 spiro atoms. The van der Waals surface area contributed by atoms with Crippen molar-refractivity contribution in [2.45, 2.75) is 26.4 Å². The van der Waals surface area contributed by atoms with E-state index in [1.807, 2.05) is 25.1 Å². The van der Waals surface area contributed by atoms with Gasteiger partial charge in [0.25, 0.3) is 0 Å². The lowest BCUT2D eigenvalue weighted by Crippen LogP contribution is -2.33. The van der Waals surface area contributed by atoms with Gasteiger partial charge in [-0.1, -0.05) is 28.1 Å². The summed E-state index contributed by atoms with van der Waals surface area (Å²) in [7, 11) is 0. The van der Waals surface area contributed by atoms with Crippen LogP contribution in [-0.4, -0.2) is 17.1 Å². The van der Waals surface area contributed by atoms with E-state index >= 15 is 0 Å². The van der Waals surface area contributed by atoms with Crippen molar-refractivity contribution in [3.8, 4) is 0 Å². The largest absolute Gasteiger partial charge is 0.480 e. The highest BCUT2D eigenvalue weighted by Crippen LogP contribution is 2.16. The highest BCUT2D eigenvalue weighted by Gasteiger charge is 2.09. The first-order valence-electron chi connectivity index (χ1n) is 4.72. The molecule has 0 aromatic heterocycles. The van der Waals surface area contributed by atoms with E-state index in [9.17, 15) is 4.79 Å². The number of rotatable bonds is 4. The van der Waals surface area contributed by atoms with Crippen LogP contribution in [0.2, 0.25) is 0 Å². The Morgan fingerprint density at radius 3 is 2.80 bits per heavy atom. The summed E-state index contributed by atoms with van der Waals surface area (Å²) >= 11 is 3.42. The van der Waals surface area contributed by atoms with Gasteiger partial charge in [-0.3, -0.25) is 4.79 Å². The lowest BCUT2D eigenvalue weighted by atomic mass is 10.1. The molecule has 0 radical (unpaired) electrons. The fraction of sp³-hybridized carbons (Fsp3) is 0.364. The predicted molar refractivity (Wildman–Crippen MR) is 62.8 cm³/mol. The van der Waals surface area contributed by atoms with Crippen LogP contribution in [0.4, 0.5) is 0 Å². The first-order chi connectivity index (χ1) is 7.00. The SMILES string of the molecule is Cc1cc(CNC(C)C(=O)O)ccc1Br. The van der Waals surface area contributed by atoms with Crippen molar-refractivity contribution in [1.29, 1.82) is 0 Å². The fourth-order valence-corrected chi connectivity index (χ4v) is 1.42. The molecular formula is C11H14BrNO2. The molecule has 0 bridgehead atoms. The molecule has 0 amide bonds. The molecule has 1 atom stereocenters. The van der Waals surface area contributed by atoms with E-state index in [0.29, 0.717) is 6.54 Å². The molecule has 15 heavy (non-hydrogen) atoms. The van der Waals surface area contributed by atoms with Crippen molar-refractivity contribution in [2.75, 3.05) is 0 Å². The van der Waals surface area contributed by atoms with Gasteiger partial charge in [-0.25, -0.2) is 0 Å². The number of aryl methyl sites for hydroxylation is 1. The number of nitrogens with one attached hydrogen (secondary N) is 1. The van der Waals surface area contributed by atoms with Gasteiger partial charge in [0, 0.05) is 11.0 Å². The zero-order valence-electron chi connectivity index (χ0n) is 8.75. The number of carboxylic acid groups (broad SMARTS) is 1. The second-order valence-electron chi connectivity index (χ2n) is 3.52. The molecule has 0 fully saturated rings. The van der Waals surface area contributed by atoms with Crippen LogP contribution in [-0.2, 0) is 11.3 Å². The topological polar surface area (TPSA) is 49.3 Å². The minimum Gasteiger partial charge on any atom is -0.480 e. The number of hydrogen-bond donors (Lipinski definition) is 2. The first-order valence-corrected chi connectivity index (χ1v) is 5.51. The summed E-state index contributed by atoms with van der Waals surface area (Å²) < 4.78 is 1.07. The van der Waals surface area contributed by atoms with Gasteiger partial charge in [-0.2, -0.15) is 0 Å². The standard InChI is InChI=1S/C11H14BrNO2/c1-7-5-9(3-4-10(7)12)6-13-8(2)11(14)15/h3-5,8,13H,6H2,1-2H3,(H,14,15). The molecule has 1 aromatic rings. The van der Waals surface area contributed by atoms with E-state index in [1.54, 1.807) is 6.92 Å². The van der Waals surface area contributed by atoms with Crippen molar-refractivity contribution >= 4 is 21.9 Å². The van der Waals surface area contributed by atoms with Crippen molar-refractivity contribution in [1.82, 2.24) is 5.32 Å². The predicted octanol–water partition coefficient (Wildman–Crippen LogP) is 2.32. The molecule has 2 N–H and O–H groups in total. The van der Waals surface area contributed by atoms with Gasteiger partial charge in [-0.05, 0) is 31.0 Å². The number of aliphatic carboxylic acids is 1. The summed E-state index contributed by atoms with van der Waals surface area (Å²) in [6, 6.07) is 5.45. The Bertz CT molecular complexity index is 366. The lowest BCUT2D eigenvalue weighted by Gasteiger charge is -2.09. The molecule has 0 saturated carbocycles. The van der Waals surface area contributed by atoms with Crippen molar-refractivity contribution < 1.29 is 9.90 Å². The van der Waals surface area contributed by atoms with Gasteiger partial charge < -0.3 is 10.4 Å². The summed E-state index contributed by atoms with van der Waals surface area (Å²) in [5, 5.41) is 11.6. The number of hydrogen-bond acceptors (Lipinski definition) is 2. The number of halogens is 1. The third-order valence-electron chi connectivity index (χ3n) is 2.21. The van der Waals surface area contributed by atoms with Gasteiger partial charge in [-0.15, -0.1) is 0 Å². The molecule has 3 nitrogen and oxygen atoms in total. The Hall–Kier alpha value is -0.870. The van der Waals surface area contributed by atoms with Crippen LogP contribution >= 0.6 is 15.9 Å². The zero-order chi connectivity index (χ0) is 11.4. The van der Waals surface area contributed by atoms with Crippen LogP contribution in [0, 0.1) is 6.92 Å². The van der Waals surface area contributed by atoms with Crippen LogP contribution < -0.4 is 5.32 Å². The normalized spacial score (nSPS) is 12.5. The molecule has 0 saturated heterocycles. The molecule has 1 aromatic carbocycles. The molecule has 1 rings (SSSR count). The third-order valence-corrected chi connectivity index (χ3v) is 3.09. The van der Waals surface area contributed by atoms with E-state index in [4.69, 9.17) is 5.11 Å². The zero-order valence-corrected chi connectivity index (χ0v) is 10.3. The van der Waals surface area contributed by atoms with Crippen molar-refractivity contribution in [2.24, 2.45) is 0 Å². The van der Waals surface area contributed by atoms with Crippen molar-refractivity contribution in [3.63, 3.8) is 0 Å². The van der Waals surface area contributed by atoms with E-state index < -0.39 is 12.0 Å². The minimum atomic E-state index is -0.830. The van der Waals surface area contributed by atoms with Crippen LogP contribution in [0.5, 0.6) is 0 Å². The fourth-order valence-electron chi connectivity index (χ4n) is 1.18. The van der Waals surface area contributed by atoms with E-state index in [0.717, 1.165) is 15.6 Å². The maximum Gasteiger partial charge on any atom is 0.320 e. The summed E-state index contributed by atoms with van der Waals surface area (Å²) in [6.45, 7) is 4.21. The Balaban J connectivity index is 2.58. The van der Waals surface area contributed by atoms with Gasteiger partial charge >= 0.3 is 5.97 Å². The quantitative estimate of drug-likeness (QED) is 0.884.